The van der Waals surface area contributed by atoms with Crippen LogP contribution in [0.2, 0.25) is 0 Å². The van der Waals surface area contributed by atoms with Crippen LogP contribution in [-0.2, 0) is 31.9 Å². The second kappa shape index (κ2) is 8.32. The molecule has 2 amide bonds. The summed E-state index contributed by atoms with van der Waals surface area (Å²) in [7, 11) is -3.61. The van der Waals surface area contributed by atoms with Crippen LogP contribution in [0.3, 0.4) is 0 Å². The summed E-state index contributed by atoms with van der Waals surface area (Å²) in [6.07, 6.45) is 0.478. The van der Waals surface area contributed by atoms with Crippen molar-refractivity contribution in [3.05, 3.63) is 65.7 Å². The molecule has 0 saturated carbocycles. The van der Waals surface area contributed by atoms with Gasteiger partial charge in [-0.15, -0.1) is 0 Å². The van der Waals surface area contributed by atoms with Crippen LogP contribution in [0.4, 0.5) is 5.69 Å². The number of sulfonamides is 1. The molecule has 0 radical (unpaired) electrons. The topological polar surface area (TPSA) is 122 Å². The number of carbonyl (C=O) groups excluding carboxylic acids is 2. The monoisotopic (exact) mass is 400 g/mol. The minimum atomic E-state index is -3.61. The number of nitrogens with two attached hydrogens (primary N) is 1. The molecule has 0 spiro atoms. The van der Waals surface area contributed by atoms with Gasteiger partial charge in [0.1, 0.15) is 5.71 Å². The third kappa shape index (κ3) is 5.48. The fraction of sp³-hybridized carbons (Fsp3) is 0.211. The highest BCUT2D eigenvalue weighted by Gasteiger charge is 2.24. The number of nitrogens with one attached hydrogen (secondary N) is 1. The smallest absolute Gasteiger partial charge is 0.271 e. The van der Waals surface area contributed by atoms with Crippen molar-refractivity contribution in [3.63, 3.8) is 0 Å². The summed E-state index contributed by atoms with van der Waals surface area (Å²) in [6.45, 7) is 0.304. The fourth-order valence-electron chi connectivity index (χ4n) is 2.76. The Morgan fingerprint density at radius 3 is 2.36 bits per heavy atom. The maximum Gasteiger partial charge on any atom is 0.271 e. The fourth-order valence-corrected chi connectivity index (χ4v) is 3.42. The van der Waals surface area contributed by atoms with Gasteiger partial charge >= 0.3 is 0 Å². The molecule has 146 valence electrons. The van der Waals surface area contributed by atoms with Gasteiger partial charge < -0.3 is 5.32 Å². The van der Waals surface area contributed by atoms with Crippen LogP contribution in [0.5, 0.6) is 0 Å². The van der Waals surface area contributed by atoms with Gasteiger partial charge in [0.2, 0.25) is 15.9 Å². The van der Waals surface area contributed by atoms with E-state index in [4.69, 9.17) is 5.14 Å². The van der Waals surface area contributed by atoms with Crippen molar-refractivity contribution < 1.29 is 18.0 Å². The van der Waals surface area contributed by atoms with E-state index < -0.39 is 15.9 Å². The van der Waals surface area contributed by atoms with Crippen molar-refractivity contribution in [2.45, 2.75) is 25.1 Å². The lowest BCUT2D eigenvalue weighted by molar-refractivity contribution is -0.132. The summed E-state index contributed by atoms with van der Waals surface area (Å²) >= 11 is 0. The first kappa shape index (κ1) is 19.7. The predicted octanol–water partition coefficient (Wildman–Crippen LogP) is 1.59. The Morgan fingerprint density at radius 1 is 1.04 bits per heavy atom. The number of hydrogen-bond donors (Lipinski definition) is 2. The summed E-state index contributed by atoms with van der Waals surface area (Å²) in [5.41, 5.74) is 2.21. The first-order valence-electron chi connectivity index (χ1n) is 8.63. The lowest BCUT2D eigenvalue weighted by Gasteiger charge is -2.23. The standard InChI is InChI=1S/C19H20N4O4S/c20-28(26,27)13-15-6-8-16(9-7-15)21-19(25)17-10-11-18(24)23(22-17)12-14-4-2-1-3-5-14/h1-9H,10-13H2,(H,21,25)(H2,20,26,27). The molecule has 0 aliphatic carbocycles. The summed E-state index contributed by atoms with van der Waals surface area (Å²) in [6, 6.07) is 15.8. The molecule has 28 heavy (non-hydrogen) atoms. The normalized spacial score (nSPS) is 14.5. The Morgan fingerprint density at radius 2 is 1.71 bits per heavy atom. The van der Waals surface area contributed by atoms with Crippen LogP contribution in [0.15, 0.2) is 59.7 Å². The zero-order chi connectivity index (χ0) is 20.1. The molecule has 0 saturated heterocycles. The van der Waals surface area contributed by atoms with E-state index in [0.717, 1.165) is 5.56 Å². The molecule has 8 nitrogen and oxygen atoms in total. The van der Waals surface area contributed by atoms with Crippen LogP contribution >= 0.6 is 0 Å². The zero-order valence-electron chi connectivity index (χ0n) is 15.0. The molecular formula is C19H20N4O4S. The minimum absolute atomic E-state index is 0.132. The summed E-state index contributed by atoms with van der Waals surface area (Å²) in [4.78, 5) is 24.6. The van der Waals surface area contributed by atoms with Gasteiger partial charge in [-0.2, -0.15) is 5.10 Å². The van der Waals surface area contributed by atoms with Crippen molar-refractivity contribution in [1.29, 1.82) is 0 Å². The number of rotatable bonds is 6. The highest BCUT2D eigenvalue weighted by Crippen LogP contribution is 2.16. The average Bonchev–Trinajstić information content (AvgIpc) is 2.65. The van der Waals surface area contributed by atoms with Gasteiger partial charge in [0.15, 0.2) is 0 Å². The molecule has 1 heterocycles. The molecule has 0 atom stereocenters. The summed E-state index contributed by atoms with van der Waals surface area (Å²) < 4.78 is 22.2. The Balaban J connectivity index is 1.67. The van der Waals surface area contributed by atoms with Crippen molar-refractivity contribution in [1.82, 2.24) is 5.01 Å². The van der Waals surface area contributed by atoms with Gasteiger partial charge in [-0.3, -0.25) is 9.59 Å². The van der Waals surface area contributed by atoms with Crippen molar-refractivity contribution >= 4 is 33.2 Å². The van der Waals surface area contributed by atoms with Crippen LogP contribution in [0.1, 0.15) is 24.0 Å². The maximum atomic E-state index is 12.5. The van der Waals surface area contributed by atoms with Gasteiger partial charge in [0, 0.05) is 18.5 Å². The molecule has 3 rings (SSSR count). The van der Waals surface area contributed by atoms with Gasteiger partial charge in [0.05, 0.1) is 12.3 Å². The number of nitrogens with zero attached hydrogens (tertiary/aromatic N) is 2. The van der Waals surface area contributed by atoms with Crippen LogP contribution in [-0.4, -0.2) is 31.0 Å². The molecule has 9 heteroatoms. The molecule has 2 aromatic carbocycles. The van der Waals surface area contributed by atoms with E-state index in [1.807, 2.05) is 30.3 Å². The predicted molar refractivity (Wildman–Crippen MR) is 106 cm³/mol. The number of anilines is 1. The van der Waals surface area contributed by atoms with Gasteiger partial charge in [-0.05, 0) is 23.3 Å². The van der Waals surface area contributed by atoms with Crippen LogP contribution < -0.4 is 10.5 Å². The molecule has 2 aromatic rings. The average molecular weight is 400 g/mol. The number of carbonyl (C=O) groups is 2. The van der Waals surface area contributed by atoms with E-state index in [9.17, 15) is 18.0 Å². The molecule has 0 fully saturated rings. The van der Waals surface area contributed by atoms with E-state index in [-0.39, 0.29) is 30.2 Å². The summed E-state index contributed by atoms with van der Waals surface area (Å²) in [5, 5.41) is 13.3. The van der Waals surface area contributed by atoms with Gasteiger partial charge in [-0.1, -0.05) is 42.5 Å². The Labute approximate surface area is 163 Å². The lowest BCUT2D eigenvalue weighted by atomic mass is 10.1. The largest absolute Gasteiger partial charge is 0.321 e. The number of amides is 2. The van der Waals surface area contributed by atoms with Gasteiger partial charge in [-0.25, -0.2) is 18.6 Å². The number of primary sulfonamides is 1. The molecule has 1 aliphatic heterocycles. The number of benzene rings is 2. The van der Waals surface area contributed by atoms with E-state index in [0.29, 0.717) is 17.8 Å². The second-order valence-corrected chi connectivity index (χ2v) is 8.06. The highest BCUT2D eigenvalue weighted by molar-refractivity contribution is 7.88. The first-order valence-corrected chi connectivity index (χ1v) is 10.3. The van der Waals surface area contributed by atoms with Crippen LogP contribution in [0.25, 0.3) is 0 Å². The molecule has 0 bridgehead atoms. The van der Waals surface area contributed by atoms with Crippen molar-refractivity contribution in [2.24, 2.45) is 10.2 Å². The highest BCUT2D eigenvalue weighted by atomic mass is 32.2. The Bertz CT molecular complexity index is 1000. The van der Waals surface area contributed by atoms with Crippen molar-refractivity contribution in [3.8, 4) is 0 Å². The number of hydrazone groups is 1. The van der Waals surface area contributed by atoms with E-state index >= 15 is 0 Å². The zero-order valence-corrected chi connectivity index (χ0v) is 15.9. The minimum Gasteiger partial charge on any atom is -0.321 e. The quantitative estimate of drug-likeness (QED) is 0.764. The van der Waals surface area contributed by atoms with E-state index in [1.54, 1.807) is 24.3 Å². The SMILES string of the molecule is NS(=O)(=O)Cc1ccc(NC(=O)C2=NN(Cc3ccccc3)C(=O)CC2)cc1. The van der Waals surface area contributed by atoms with Crippen molar-refractivity contribution in [2.75, 3.05) is 5.32 Å². The van der Waals surface area contributed by atoms with Gasteiger partial charge in [0.25, 0.3) is 5.91 Å². The molecule has 0 aromatic heterocycles. The third-order valence-electron chi connectivity index (χ3n) is 4.12. The third-order valence-corrected chi connectivity index (χ3v) is 4.86. The summed E-state index contributed by atoms with van der Waals surface area (Å²) in [5.74, 6) is -0.803. The second-order valence-electron chi connectivity index (χ2n) is 6.44. The molecule has 0 unspecified atom stereocenters. The maximum absolute atomic E-state index is 12.5. The molecular weight excluding hydrogens is 380 g/mol. The van der Waals surface area contributed by atoms with Crippen LogP contribution in [0, 0.1) is 0 Å². The van der Waals surface area contributed by atoms with E-state index in [1.165, 1.54) is 5.01 Å². The lowest BCUT2D eigenvalue weighted by Crippen LogP contribution is -2.36. The Hall–Kier alpha value is -3.04. The Kier molecular flexibility index (Phi) is 5.86. The van der Waals surface area contributed by atoms with E-state index in [2.05, 4.69) is 10.4 Å². The number of hydrogen-bond acceptors (Lipinski definition) is 5. The first-order chi connectivity index (χ1) is 13.3. The molecule has 3 N–H and O–H groups in total. The molecule has 1 aliphatic rings.